The number of amides is 1. The second kappa shape index (κ2) is 6.39. The zero-order valence-corrected chi connectivity index (χ0v) is 11.0. The third kappa shape index (κ3) is 4.30. The maximum absolute atomic E-state index is 11.8. The molecule has 2 aliphatic rings. The molecule has 1 aliphatic heterocycles. The van der Waals surface area contributed by atoms with E-state index >= 15 is 0 Å². The quantitative estimate of drug-likeness (QED) is 0.786. The summed E-state index contributed by atoms with van der Waals surface area (Å²) in [6.07, 6.45) is 7.19. The Labute approximate surface area is 105 Å². The van der Waals surface area contributed by atoms with Crippen LogP contribution in [0, 0.1) is 17.8 Å². The summed E-state index contributed by atoms with van der Waals surface area (Å²) in [4.78, 5) is 11.8. The first-order valence-corrected chi connectivity index (χ1v) is 7.21. The molecular weight excluding hydrogens is 212 g/mol. The highest BCUT2D eigenvalue weighted by Crippen LogP contribution is 2.27. The number of rotatable bonds is 4. The van der Waals surface area contributed by atoms with Gasteiger partial charge in [0.15, 0.2) is 0 Å². The number of carbonyl (C=O) groups excluding carboxylic acids is 1. The monoisotopic (exact) mass is 238 g/mol. The Balaban J connectivity index is 1.61. The minimum Gasteiger partial charge on any atom is -0.356 e. The molecule has 3 unspecified atom stereocenters. The molecule has 98 valence electrons. The molecule has 3 atom stereocenters. The molecule has 0 aromatic carbocycles. The van der Waals surface area contributed by atoms with Gasteiger partial charge in [-0.3, -0.25) is 4.79 Å². The molecule has 0 bridgehead atoms. The van der Waals surface area contributed by atoms with Crippen molar-refractivity contribution in [2.75, 3.05) is 19.6 Å². The maximum atomic E-state index is 11.8. The van der Waals surface area contributed by atoms with Gasteiger partial charge in [0.25, 0.3) is 0 Å². The summed E-state index contributed by atoms with van der Waals surface area (Å²) in [5.74, 6) is 2.41. The largest absolute Gasteiger partial charge is 0.356 e. The molecule has 2 N–H and O–H groups in total. The van der Waals surface area contributed by atoms with Gasteiger partial charge in [-0.1, -0.05) is 19.8 Å². The molecule has 1 saturated heterocycles. The minimum atomic E-state index is 0.261. The summed E-state index contributed by atoms with van der Waals surface area (Å²) in [6.45, 7) is 5.34. The fraction of sp³-hybridized carbons (Fsp3) is 0.929. The van der Waals surface area contributed by atoms with Crippen molar-refractivity contribution < 1.29 is 4.79 Å². The SMILES string of the molecule is CC1CCCC(CNC(=O)CC2CCNC2)C1. The van der Waals surface area contributed by atoms with Crippen molar-refractivity contribution in [1.29, 1.82) is 0 Å². The zero-order chi connectivity index (χ0) is 12.1. The van der Waals surface area contributed by atoms with Crippen molar-refractivity contribution >= 4 is 5.91 Å². The van der Waals surface area contributed by atoms with Gasteiger partial charge in [-0.15, -0.1) is 0 Å². The zero-order valence-electron chi connectivity index (χ0n) is 11.0. The van der Waals surface area contributed by atoms with E-state index < -0.39 is 0 Å². The van der Waals surface area contributed by atoms with E-state index in [1.54, 1.807) is 0 Å². The van der Waals surface area contributed by atoms with Gasteiger partial charge >= 0.3 is 0 Å². The van der Waals surface area contributed by atoms with E-state index in [1.807, 2.05) is 0 Å². The van der Waals surface area contributed by atoms with Crippen LogP contribution in [0.1, 0.15) is 45.4 Å². The highest BCUT2D eigenvalue weighted by atomic mass is 16.1. The van der Waals surface area contributed by atoms with Crippen LogP contribution >= 0.6 is 0 Å². The van der Waals surface area contributed by atoms with E-state index in [0.717, 1.165) is 44.3 Å². The molecule has 2 rings (SSSR count). The lowest BCUT2D eigenvalue weighted by Crippen LogP contribution is -2.32. The number of carbonyl (C=O) groups is 1. The Hall–Kier alpha value is -0.570. The molecule has 0 radical (unpaired) electrons. The average molecular weight is 238 g/mol. The molecule has 1 heterocycles. The van der Waals surface area contributed by atoms with E-state index in [1.165, 1.54) is 25.7 Å². The van der Waals surface area contributed by atoms with Crippen molar-refractivity contribution in [3.05, 3.63) is 0 Å². The molecule has 1 saturated carbocycles. The first kappa shape index (κ1) is 12.9. The number of nitrogens with one attached hydrogen (secondary N) is 2. The Bertz CT molecular complexity index is 249. The highest BCUT2D eigenvalue weighted by Gasteiger charge is 2.21. The number of hydrogen-bond donors (Lipinski definition) is 2. The van der Waals surface area contributed by atoms with Gasteiger partial charge in [-0.2, -0.15) is 0 Å². The summed E-state index contributed by atoms with van der Waals surface area (Å²) in [7, 11) is 0. The van der Waals surface area contributed by atoms with Crippen LogP contribution in [-0.2, 0) is 4.79 Å². The fourth-order valence-electron chi connectivity index (χ4n) is 3.23. The van der Waals surface area contributed by atoms with Crippen LogP contribution in [0.4, 0.5) is 0 Å². The first-order valence-electron chi connectivity index (χ1n) is 7.21. The Morgan fingerprint density at radius 1 is 1.29 bits per heavy atom. The van der Waals surface area contributed by atoms with Gasteiger partial charge < -0.3 is 10.6 Å². The van der Waals surface area contributed by atoms with Gasteiger partial charge in [-0.05, 0) is 50.1 Å². The molecule has 1 aliphatic carbocycles. The predicted octanol–water partition coefficient (Wildman–Crippen LogP) is 1.93. The molecule has 0 aromatic rings. The summed E-state index contributed by atoms with van der Waals surface area (Å²) < 4.78 is 0. The van der Waals surface area contributed by atoms with Gasteiger partial charge in [0.2, 0.25) is 5.91 Å². The smallest absolute Gasteiger partial charge is 0.220 e. The van der Waals surface area contributed by atoms with E-state index in [4.69, 9.17) is 0 Å². The Morgan fingerprint density at radius 2 is 2.18 bits per heavy atom. The predicted molar refractivity (Wildman–Crippen MR) is 69.7 cm³/mol. The normalized spacial score (nSPS) is 33.6. The van der Waals surface area contributed by atoms with Crippen molar-refractivity contribution in [1.82, 2.24) is 10.6 Å². The minimum absolute atomic E-state index is 0.261. The van der Waals surface area contributed by atoms with E-state index in [2.05, 4.69) is 17.6 Å². The van der Waals surface area contributed by atoms with Gasteiger partial charge in [0.05, 0.1) is 0 Å². The van der Waals surface area contributed by atoms with Crippen LogP contribution in [0.2, 0.25) is 0 Å². The van der Waals surface area contributed by atoms with Crippen LogP contribution < -0.4 is 10.6 Å². The lowest BCUT2D eigenvalue weighted by atomic mass is 9.82. The topological polar surface area (TPSA) is 41.1 Å². The molecule has 1 amide bonds. The van der Waals surface area contributed by atoms with Crippen molar-refractivity contribution in [3.63, 3.8) is 0 Å². The van der Waals surface area contributed by atoms with Crippen molar-refractivity contribution in [3.8, 4) is 0 Å². The molecule has 0 aromatic heterocycles. The van der Waals surface area contributed by atoms with E-state index in [0.29, 0.717) is 5.92 Å². The first-order chi connectivity index (χ1) is 8.24. The molecule has 2 fully saturated rings. The fourth-order valence-corrected chi connectivity index (χ4v) is 3.23. The van der Waals surface area contributed by atoms with Crippen LogP contribution in [-0.4, -0.2) is 25.5 Å². The Kier molecular flexibility index (Phi) is 4.84. The highest BCUT2D eigenvalue weighted by molar-refractivity contribution is 5.76. The molecule has 3 heteroatoms. The summed E-state index contributed by atoms with van der Waals surface area (Å²) in [5, 5.41) is 6.44. The van der Waals surface area contributed by atoms with Crippen molar-refractivity contribution in [2.45, 2.75) is 45.4 Å². The molecular formula is C14H26N2O. The molecule has 17 heavy (non-hydrogen) atoms. The van der Waals surface area contributed by atoms with Gasteiger partial charge in [-0.25, -0.2) is 0 Å². The van der Waals surface area contributed by atoms with Crippen LogP contribution in [0.5, 0.6) is 0 Å². The standard InChI is InChI=1S/C14H26N2O/c1-11-3-2-4-12(7-11)10-16-14(17)8-13-5-6-15-9-13/h11-13,15H,2-10H2,1H3,(H,16,17). The van der Waals surface area contributed by atoms with Crippen LogP contribution in [0.25, 0.3) is 0 Å². The molecule has 3 nitrogen and oxygen atoms in total. The van der Waals surface area contributed by atoms with Gasteiger partial charge in [0, 0.05) is 13.0 Å². The summed E-state index contributed by atoms with van der Waals surface area (Å²) in [6, 6.07) is 0. The lowest BCUT2D eigenvalue weighted by molar-refractivity contribution is -0.122. The summed E-state index contributed by atoms with van der Waals surface area (Å²) >= 11 is 0. The van der Waals surface area contributed by atoms with Crippen LogP contribution in [0.15, 0.2) is 0 Å². The lowest BCUT2D eigenvalue weighted by Gasteiger charge is -2.26. The third-order valence-corrected chi connectivity index (χ3v) is 4.27. The average Bonchev–Trinajstić information content (AvgIpc) is 2.79. The number of hydrogen-bond acceptors (Lipinski definition) is 2. The summed E-state index contributed by atoms with van der Waals surface area (Å²) in [5.41, 5.74) is 0. The van der Waals surface area contributed by atoms with Gasteiger partial charge in [0.1, 0.15) is 0 Å². The maximum Gasteiger partial charge on any atom is 0.220 e. The third-order valence-electron chi connectivity index (χ3n) is 4.27. The second-order valence-corrected chi connectivity index (χ2v) is 6.00. The molecule has 0 spiro atoms. The van der Waals surface area contributed by atoms with Crippen molar-refractivity contribution in [2.24, 2.45) is 17.8 Å². The van der Waals surface area contributed by atoms with E-state index in [-0.39, 0.29) is 5.91 Å². The second-order valence-electron chi connectivity index (χ2n) is 6.00. The van der Waals surface area contributed by atoms with Crippen LogP contribution in [0.3, 0.4) is 0 Å². The van der Waals surface area contributed by atoms with E-state index in [9.17, 15) is 4.79 Å². The Morgan fingerprint density at radius 3 is 2.88 bits per heavy atom.